The second-order valence-corrected chi connectivity index (χ2v) is 12.7. The zero-order valence-corrected chi connectivity index (χ0v) is 26.3. The van der Waals surface area contributed by atoms with E-state index >= 15 is 0 Å². The summed E-state index contributed by atoms with van der Waals surface area (Å²) in [6.07, 6.45) is 3.14. The number of pyridine rings is 1. The molecule has 3 aromatic heterocycles. The van der Waals surface area contributed by atoms with Crippen molar-refractivity contribution in [3.8, 4) is 17.1 Å². The average molecular weight is 615 g/mol. The van der Waals surface area contributed by atoms with Crippen LogP contribution in [0.4, 0.5) is 11.6 Å². The van der Waals surface area contributed by atoms with Crippen LogP contribution in [0, 0.1) is 25.7 Å². The van der Waals surface area contributed by atoms with E-state index in [0.717, 1.165) is 73.4 Å². The number of amides is 1. The minimum atomic E-state index is -0.245. The minimum Gasteiger partial charge on any atom is -0.477 e. The van der Waals surface area contributed by atoms with Crippen LogP contribution in [0.5, 0.6) is 5.88 Å². The van der Waals surface area contributed by atoms with Gasteiger partial charge in [0.2, 0.25) is 11.8 Å². The number of aliphatic hydroxyl groups is 1. The van der Waals surface area contributed by atoms with Crippen molar-refractivity contribution in [3.63, 3.8) is 0 Å². The van der Waals surface area contributed by atoms with E-state index in [9.17, 15) is 9.90 Å². The Kier molecular flexibility index (Phi) is 8.19. The zero-order valence-electron chi connectivity index (χ0n) is 26.3. The van der Waals surface area contributed by atoms with Gasteiger partial charge in [-0.1, -0.05) is 0 Å². The highest BCUT2D eigenvalue weighted by molar-refractivity contribution is 6.05. The first-order valence-corrected chi connectivity index (χ1v) is 16.0. The number of imidazole rings is 1. The van der Waals surface area contributed by atoms with Crippen LogP contribution in [0.15, 0.2) is 30.3 Å². The molecule has 0 radical (unpaired) electrons. The summed E-state index contributed by atoms with van der Waals surface area (Å²) in [6.45, 7) is 8.71. The molecule has 7 rings (SSSR count). The second kappa shape index (κ2) is 12.4. The number of rotatable bonds is 5. The number of nitrogens with zero attached hydrogens (tertiary/aromatic N) is 6. The van der Waals surface area contributed by atoms with Crippen molar-refractivity contribution >= 4 is 28.6 Å². The fraction of sp³-hybridized carbons (Fsp3) is 0.515. The molecule has 2 fully saturated rings. The van der Waals surface area contributed by atoms with E-state index in [2.05, 4.69) is 43.4 Å². The Morgan fingerprint density at radius 2 is 1.98 bits per heavy atom. The number of aryl methyl sites for hydroxylation is 2. The number of aliphatic hydroxyl groups excluding tert-OH is 1. The predicted molar refractivity (Wildman–Crippen MR) is 172 cm³/mol. The Bertz CT molecular complexity index is 1710. The number of aromatic nitrogens is 5. The van der Waals surface area contributed by atoms with Gasteiger partial charge >= 0.3 is 0 Å². The summed E-state index contributed by atoms with van der Waals surface area (Å²) in [5.74, 6) is 1.71. The van der Waals surface area contributed by atoms with Gasteiger partial charge in [-0.15, -0.1) is 0 Å². The molecule has 3 aliphatic rings. The lowest BCUT2D eigenvalue weighted by atomic mass is 10.1. The van der Waals surface area contributed by atoms with E-state index in [1.165, 1.54) is 0 Å². The van der Waals surface area contributed by atoms with Gasteiger partial charge in [0, 0.05) is 56.3 Å². The number of hydrogen-bond acceptors (Lipinski definition) is 9. The fourth-order valence-electron chi connectivity index (χ4n) is 7.26. The summed E-state index contributed by atoms with van der Waals surface area (Å²) >= 11 is 0. The van der Waals surface area contributed by atoms with Gasteiger partial charge in [-0.2, -0.15) is 5.10 Å². The van der Waals surface area contributed by atoms with E-state index in [1.54, 1.807) is 23.9 Å². The molecule has 1 saturated carbocycles. The molecule has 12 heteroatoms. The van der Waals surface area contributed by atoms with Gasteiger partial charge < -0.3 is 29.4 Å². The van der Waals surface area contributed by atoms with E-state index < -0.39 is 0 Å². The molecule has 3 N–H and O–H groups in total. The number of carbonyl (C=O) groups excluding carboxylic acids is 1. The summed E-state index contributed by atoms with van der Waals surface area (Å²) in [7, 11) is 1.74. The Morgan fingerprint density at radius 1 is 1.11 bits per heavy atom. The summed E-state index contributed by atoms with van der Waals surface area (Å²) < 4.78 is 15.8. The van der Waals surface area contributed by atoms with Crippen LogP contribution in [0.1, 0.15) is 41.0 Å². The van der Waals surface area contributed by atoms with Crippen LogP contribution in [0.2, 0.25) is 0 Å². The van der Waals surface area contributed by atoms with Crippen molar-refractivity contribution in [2.75, 3.05) is 56.8 Å². The molecule has 3 atom stereocenters. The molecule has 4 bridgehead atoms. The highest BCUT2D eigenvalue weighted by Gasteiger charge is 2.30. The molecule has 1 aromatic carbocycles. The van der Waals surface area contributed by atoms with Crippen LogP contribution < -0.4 is 20.3 Å². The third-order valence-corrected chi connectivity index (χ3v) is 9.36. The number of carbonyl (C=O) groups is 1. The largest absolute Gasteiger partial charge is 0.477 e. The van der Waals surface area contributed by atoms with Gasteiger partial charge in [-0.25, -0.2) is 9.67 Å². The zero-order chi connectivity index (χ0) is 31.1. The number of methoxy groups -OCH3 is 1. The molecule has 0 unspecified atom stereocenters. The van der Waals surface area contributed by atoms with Crippen LogP contribution in [-0.4, -0.2) is 87.9 Å². The SMILES string of the molecule is COC[C@@H]1CN(c2ccc3nc4n(c3c2)C[C@@H]2CC[C@H](COc3c(c(C)nn3CCO)-c3cc(cc(C)n3)C(=O)N4)C2)CCN1. The standard InChI is InChI=1S/C33H42N8O4/c1-20-12-24-14-28(35-20)30-21(2)38-41(10-11-42)32(30)45-18-23-5-4-22(13-23)16-40-29-15-26(39-9-8-34-25(17-39)19-44-3)6-7-27(29)36-33(40)37-31(24)43/h6-7,12,14-15,22-23,25,34,42H,4-5,8-11,13,16-19H2,1-3H3,(H,36,37,43)/t22-,23+,25+/m1/s1. The first-order chi connectivity index (χ1) is 21.9. The molecule has 1 amide bonds. The third kappa shape index (κ3) is 5.89. The van der Waals surface area contributed by atoms with E-state index in [4.69, 9.17) is 19.4 Å². The highest BCUT2D eigenvalue weighted by Crippen LogP contribution is 2.38. The Hall–Kier alpha value is -4.00. The molecule has 1 saturated heterocycles. The maximum Gasteiger partial charge on any atom is 0.258 e. The van der Waals surface area contributed by atoms with Crippen molar-refractivity contribution in [1.29, 1.82) is 0 Å². The molecule has 2 aliphatic heterocycles. The Balaban J connectivity index is 1.29. The molecule has 5 heterocycles. The first kappa shape index (κ1) is 29.7. The molecule has 12 nitrogen and oxygen atoms in total. The smallest absolute Gasteiger partial charge is 0.258 e. The molecule has 238 valence electrons. The van der Waals surface area contributed by atoms with E-state index in [1.807, 2.05) is 13.8 Å². The number of benzene rings is 1. The van der Waals surface area contributed by atoms with Crippen LogP contribution in [0.3, 0.4) is 0 Å². The number of anilines is 2. The summed E-state index contributed by atoms with van der Waals surface area (Å²) in [5, 5.41) is 21.1. The van der Waals surface area contributed by atoms with Gasteiger partial charge in [-0.05, 0) is 75.3 Å². The van der Waals surface area contributed by atoms with Gasteiger partial charge in [0.05, 0.1) is 54.4 Å². The third-order valence-electron chi connectivity index (χ3n) is 9.36. The van der Waals surface area contributed by atoms with Gasteiger partial charge in [0.25, 0.3) is 5.91 Å². The normalized spacial score (nSPS) is 21.9. The molecule has 45 heavy (non-hydrogen) atoms. The second-order valence-electron chi connectivity index (χ2n) is 12.7. The topological polar surface area (TPSA) is 132 Å². The van der Waals surface area contributed by atoms with Gasteiger partial charge in [0.1, 0.15) is 0 Å². The lowest BCUT2D eigenvalue weighted by molar-refractivity contribution is 0.102. The van der Waals surface area contributed by atoms with Crippen LogP contribution in [0.25, 0.3) is 22.3 Å². The number of ether oxygens (including phenoxy) is 2. The number of hydrogen-bond donors (Lipinski definition) is 3. The fourth-order valence-corrected chi connectivity index (χ4v) is 7.26. The quantitative estimate of drug-likeness (QED) is 0.310. The van der Waals surface area contributed by atoms with Crippen molar-refractivity contribution in [2.45, 2.75) is 52.2 Å². The number of fused-ring (bicyclic) bond motifs is 9. The molecule has 4 aromatic rings. The predicted octanol–water partition coefficient (Wildman–Crippen LogP) is 3.39. The maximum atomic E-state index is 13.9. The van der Waals surface area contributed by atoms with Gasteiger partial charge in [0.15, 0.2) is 0 Å². The van der Waals surface area contributed by atoms with Crippen LogP contribution in [-0.2, 0) is 17.8 Å². The maximum absolute atomic E-state index is 13.9. The average Bonchev–Trinajstić information content (AvgIpc) is 3.71. The van der Waals surface area contributed by atoms with Crippen LogP contribution >= 0.6 is 0 Å². The summed E-state index contributed by atoms with van der Waals surface area (Å²) in [5.41, 5.74) is 6.34. The monoisotopic (exact) mass is 614 g/mol. The van der Waals surface area contributed by atoms with E-state index in [0.29, 0.717) is 60.4 Å². The van der Waals surface area contributed by atoms with E-state index in [-0.39, 0.29) is 18.6 Å². The van der Waals surface area contributed by atoms with Crippen molar-refractivity contribution in [2.24, 2.45) is 11.8 Å². The Morgan fingerprint density at radius 3 is 2.82 bits per heavy atom. The lowest BCUT2D eigenvalue weighted by Gasteiger charge is -2.35. The van der Waals surface area contributed by atoms with Crippen molar-refractivity contribution in [1.82, 2.24) is 29.6 Å². The molecular formula is C33H42N8O4. The van der Waals surface area contributed by atoms with Crippen molar-refractivity contribution in [3.05, 3.63) is 47.3 Å². The van der Waals surface area contributed by atoms with Crippen molar-refractivity contribution < 1.29 is 19.4 Å². The lowest BCUT2D eigenvalue weighted by Crippen LogP contribution is -2.52. The molecule has 0 spiro atoms. The number of piperazine rings is 1. The van der Waals surface area contributed by atoms with Gasteiger partial charge in [-0.3, -0.25) is 15.1 Å². The first-order valence-electron chi connectivity index (χ1n) is 16.0. The number of nitrogens with one attached hydrogen (secondary N) is 2. The Labute approximate surface area is 262 Å². The summed E-state index contributed by atoms with van der Waals surface area (Å²) in [6, 6.07) is 10.3. The highest BCUT2D eigenvalue weighted by atomic mass is 16.5. The summed E-state index contributed by atoms with van der Waals surface area (Å²) in [4.78, 5) is 26.0. The minimum absolute atomic E-state index is 0.0547. The molecular weight excluding hydrogens is 572 g/mol. The molecule has 1 aliphatic carbocycles.